The number of benzene rings is 4. The lowest BCUT2D eigenvalue weighted by atomic mass is 10.1. The summed E-state index contributed by atoms with van der Waals surface area (Å²) in [5.74, 6) is 0.236. The molecule has 1 aromatic heterocycles. The van der Waals surface area contributed by atoms with Crippen LogP contribution in [0.3, 0.4) is 0 Å². The van der Waals surface area contributed by atoms with E-state index in [1.54, 1.807) is 72.8 Å². The Morgan fingerprint density at radius 3 is 2.29 bits per heavy atom. The third-order valence-electron chi connectivity index (χ3n) is 6.10. The zero-order chi connectivity index (χ0) is 28.8. The predicted molar refractivity (Wildman–Crippen MR) is 166 cm³/mol. The van der Waals surface area contributed by atoms with Gasteiger partial charge in [-0.15, -0.1) is 10.2 Å². The summed E-state index contributed by atoms with van der Waals surface area (Å²) in [4.78, 5) is 13.6. The fourth-order valence-electron chi connectivity index (χ4n) is 3.98. The summed E-state index contributed by atoms with van der Waals surface area (Å²) in [6.07, 6.45) is 0. The van der Waals surface area contributed by atoms with Crippen molar-refractivity contribution in [3.8, 4) is 0 Å². The quantitative estimate of drug-likeness (QED) is 0.129. The van der Waals surface area contributed by atoms with Crippen LogP contribution in [0.5, 0.6) is 0 Å². The van der Waals surface area contributed by atoms with Gasteiger partial charge in [-0.05, 0) is 54.4 Å². The number of para-hydroxylation sites is 1. The molecule has 1 heterocycles. The van der Waals surface area contributed by atoms with Crippen molar-refractivity contribution in [1.29, 1.82) is 0 Å². The summed E-state index contributed by atoms with van der Waals surface area (Å²) in [7, 11) is -4.05. The van der Waals surface area contributed by atoms with Gasteiger partial charge in [-0.25, -0.2) is 8.42 Å². The Balaban J connectivity index is 1.43. The second kappa shape index (κ2) is 12.9. The Kier molecular flexibility index (Phi) is 9.04. The number of aryl methyl sites for hydroxylation is 1. The van der Waals surface area contributed by atoms with E-state index in [-0.39, 0.29) is 22.7 Å². The van der Waals surface area contributed by atoms with E-state index in [0.29, 0.717) is 20.1 Å². The summed E-state index contributed by atoms with van der Waals surface area (Å²) in [5, 5.41) is 12.0. The van der Waals surface area contributed by atoms with Crippen molar-refractivity contribution in [1.82, 2.24) is 10.2 Å². The first-order valence-corrected chi connectivity index (χ1v) is 16.2. The van der Waals surface area contributed by atoms with Gasteiger partial charge in [0.2, 0.25) is 5.13 Å². The SMILES string of the molecule is Cc1ccc(S(=O)(=O)N(Cc2ccc(Cl)cc2)c2ccccc2C(=O)Nc2nnc(SCc3ccccc3)s2)cc1. The van der Waals surface area contributed by atoms with Gasteiger partial charge in [0.25, 0.3) is 15.9 Å². The number of rotatable bonds is 10. The van der Waals surface area contributed by atoms with Crippen molar-refractivity contribution in [2.75, 3.05) is 9.62 Å². The maximum atomic E-state index is 14.0. The first-order chi connectivity index (χ1) is 19.8. The average Bonchev–Trinajstić information content (AvgIpc) is 3.43. The summed E-state index contributed by atoms with van der Waals surface area (Å²) in [6, 6.07) is 30.2. The molecule has 11 heteroatoms. The molecule has 4 aromatic carbocycles. The van der Waals surface area contributed by atoms with Crippen molar-refractivity contribution in [3.63, 3.8) is 0 Å². The summed E-state index contributed by atoms with van der Waals surface area (Å²) in [6.45, 7) is 1.89. The van der Waals surface area contributed by atoms with Gasteiger partial charge in [-0.1, -0.05) is 107 Å². The second-order valence-corrected chi connectivity index (χ2v) is 13.6. The molecule has 0 fully saturated rings. The number of aromatic nitrogens is 2. The lowest BCUT2D eigenvalue weighted by Crippen LogP contribution is -2.32. The monoisotopic (exact) mass is 620 g/mol. The zero-order valence-electron chi connectivity index (χ0n) is 21.9. The topological polar surface area (TPSA) is 92.3 Å². The minimum absolute atomic E-state index is 0.00322. The number of hydrogen-bond donors (Lipinski definition) is 1. The highest BCUT2D eigenvalue weighted by Gasteiger charge is 2.29. The Morgan fingerprint density at radius 1 is 0.878 bits per heavy atom. The van der Waals surface area contributed by atoms with E-state index in [0.717, 1.165) is 16.9 Å². The van der Waals surface area contributed by atoms with Crippen molar-refractivity contribution in [2.24, 2.45) is 0 Å². The van der Waals surface area contributed by atoms with Gasteiger partial charge >= 0.3 is 0 Å². The van der Waals surface area contributed by atoms with Crippen molar-refractivity contribution in [2.45, 2.75) is 28.5 Å². The third-order valence-corrected chi connectivity index (χ3v) is 10.2. The molecule has 1 N–H and O–H groups in total. The Hall–Kier alpha value is -3.70. The highest BCUT2D eigenvalue weighted by atomic mass is 35.5. The van der Waals surface area contributed by atoms with Crippen LogP contribution >= 0.6 is 34.7 Å². The van der Waals surface area contributed by atoms with Gasteiger partial charge < -0.3 is 0 Å². The smallest absolute Gasteiger partial charge is 0.264 e. The van der Waals surface area contributed by atoms with E-state index in [4.69, 9.17) is 11.6 Å². The Labute approximate surface area is 252 Å². The van der Waals surface area contributed by atoms with Crippen molar-refractivity contribution >= 4 is 61.4 Å². The molecule has 208 valence electrons. The van der Waals surface area contributed by atoms with Gasteiger partial charge in [-0.2, -0.15) is 0 Å². The number of carbonyl (C=O) groups excluding carboxylic acids is 1. The van der Waals surface area contributed by atoms with E-state index >= 15 is 0 Å². The molecule has 0 aliphatic rings. The molecule has 0 radical (unpaired) electrons. The summed E-state index contributed by atoms with van der Waals surface area (Å²) < 4.78 is 29.9. The van der Waals surface area contributed by atoms with E-state index in [2.05, 4.69) is 15.5 Å². The van der Waals surface area contributed by atoms with Gasteiger partial charge in [0.15, 0.2) is 4.34 Å². The molecule has 0 saturated heterocycles. The van der Waals surface area contributed by atoms with E-state index < -0.39 is 15.9 Å². The Morgan fingerprint density at radius 2 is 1.56 bits per heavy atom. The molecule has 0 unspecified atom stereocenters. The maximum absolute atomic E-state index is 14.0. The average molecular weight is 621 g/mol. The first-order valence-electron chi connectivity index (χ1n) is 12.5. The van der Waals surface area contributed by atoms with Gasteiger partial charge in [0.05, 0.1) is 22.7 Å². The van der Waals surface area contributed by atoms with Crippen LogP contribution < -0.4 is 9.62 Å². The first kappa shape index (κ1) is 28.8. The van der Waals surface area contributed by atoms with E-state index in [1.807, 2.05) is 37.3 Å². The number of carbonyl (C=O) groups is 1. The maximum Gasteiger partial charge on any atom is 0.264 e. The zero-order valence-corrected chi connectivity index (χ0v) is 25.1. The van der Waals surface area contributed by atoms with Crippen LogP contribution in [-0.2, 0) is 22.3 Å². The number of thioether (sulfide) groups is 1. The fraction of sp³-hybridized carbons (Fsp3) is 0.100. The molecule has 7 nitrogen and oxygen atoms in total. The number of nitrogens with one attached hydrogen (secondary N) is 1. The lowest BCUT2D eigenvalue weighted by molar-refractivity contribution is 0.102. The standard InChI is InChI=1S/C30H25ClN4O3S3/c1-21-11-17-25(18-12-21)41(37,38)35(19-22-13-15-24(31)16-14-22)27-10-6-5-9-26(27)28(36)32-29-33-34-30(40-29)39-20-23-7-3-2-4-8-23/h2-18H,19-20H2,1H3,(H,32,33,36). The normalized spacial score (nSPS) is 11.3. The number of nitrogens with zero attached hydrogens (tertiary/aromatic N) is 3. The van der Waals surface area contributed by atoms with Gasteiger partial charge in [0, 0.05) is 10.8 Å². The fourth-order valence-corrected chi connectivity index (χ4v) is 7.28. The second-order valence-electron chi connectivity index (χ2n) is 9.07. The molecular weight excluding hydrogens is 596 g/mol. The number of sulfonamides is 1. The van der Waals surface area contributed by atoms with Crippen LogP contribution in [0.25, 0.3) is 0 Å². The molecule has 5 rings (SSSR count). The van der Waals surface area contributed by atoms with Crippen LogP contribution in [0.15, 0.2) is 112 Å². The number of halogens is 1. The van der Waals surface area contributed by atoms with Crippen LogP contribution in [0, 0.1) is 6.92 Å². The molecule has 0 atom stereocenters. The van der Waals surface area contributed by atoms with Crippen LogP contribution in [-0.4, -0.2) is 24.5 Å². The molecule has 0 bridgehead atoms. The summed E-state index contributed by atoms with van der Waals surface area (Å²) >= 11 is 8.85. The van der Waals surface area contributed by atoms with Crippen molar-refractivity contribution in [3.05, 3.63) is 130 Å². The number of amides is 1. The molecule has 5 aromatic rings. The Bertz CT molecular complexity index is 1740. The minimum Gasteiger partial charge on any atom is -0.296 e. The predicted octanol–water partition coefficient (Wildman–Crippen LogP) is 7.44. The summed E-state index contributed by atoms with van der Waals surface area (Å²) in [5.41, 5.74) is 3.23. The van der Waals surface area contributed by atoms with Gasteiger partial charge in [0.1, 0.15) is 0 Å². The molecule has 1 amide bonds. The number of hydrogen-bond acceptors (Lipinski definition) is 7. The molecule has 0 aliphatic heterocycles. The molecule has 0 aliphatic carbocycles. The minimum atomic E-state index is -4.05. The van der Waals surface area contributed by atoms with Crippen LogP contribution in [0.2, 0.25) is 5.02 Å². The lowest BCUT2D eigenvalue weighted by Gasteiger charge is -2.26. The highest BCUT2D eigenvalue weighted by molar-refractivity contribution is 8.00. The van der Waals surface area contributed by atoms with E-state index in [9.17, 15) is 13.2 Å². The molecular formula is C30H25ClN4O3S3. The molecule has 0 saturated carbocycles. The highest BCUT2D eigenvalue weighted by Crippen LogP contribution is 2.32. The van der Waals surface area contributed by atoms with Crippen molar-refractivity contribution < 1.29 is 13.2 Å². The van der Waals surface area contributed by atoms with Crippen LogP contribution in [0.1, 0.15) is 27.0 Å². The van der Waals surface area contributed by atoms with Gasteiger partial charge in [-0.3, -0.25) is 14.4 Å². The molecule has 0 spiro atoms. The largest absolute Gasteiger partial charge is 0.296 e. The third kappa shape index (κ3) is 7.15. The van der Waals surface area contributed by atoms with E-state index in [1.165, 1.54) is 27.4 Å². The van der Waals surface area contributed by atoms with Crippen LogP contribution in [0.4, 0.5) is 10.8 Å². The molecule has 41 heavy (non-hydrogen) atoms. The number of anilines is 2.